The Morgan fingerprint density at radius 2 is 2.56 bits per heavy atom. The molecule has 0 spiro atoms. The molecule has 2 heterocycles. The van der Waals surface area contributed by atoms with Crippen molar-refractivity contribution in [3.05, 3.63) is 18.0 Å². The van der Waals surface area contributed by atoms with E-state index in [1.165, 1.54) is 0 Å². The highest BCUT2D eigenvalue weighted by Gasteiger charge is 2.38. The summed E-state index contributed by atoms with van der Waals surface area (Å²) >= 11 is 0. The minimum absolute atomic E-state index is 0.105. The lowest BCUT2D eigenvalue weighted by Gasteiger charge is -2.26. The Kier molecular flexibility index (Phi) is 3.24. The van der Waals surface area contributed by atoms with Gasteiger partial charge in [-0.15, -0.1) is 0 Å². The van der Waals surface area contributed by atoms with E-state index in [4.69, 9.17) is 0 Å². The van der Waals surface area contributed by atoms with Crippen molar-refractivity contribution in [1.82, 2.24) is 20.8 Å². The molecule has 16 heavy (non-hydrogen) atoms. The molecule has 1 amide bonds. The Morgan fingerprint density at radius 3 is 3.12 bits per heavy atom. The summed E-state index contributed by atoms with van der Waals surface area (Å²) in [6.07, 6.45) is 6.36. The molecule has 0 aliphatic carbocycles. The van der Waals surface area contributed by atoms with Crippen LogP contribution in [0.5, 0.6) is 0 Å². The fourth-order valence-corrected chi connectivity index (χ4v) is 2.19. The highest BCUT2D eigenvalue weighted by atomic mass is 16.2. The van der Waals surface area contributed by atoms with E-state index >= 15 is 0 Å². The highest BCUT2D eigenvalue weighted by Crippen LogP contribution is 2.23. The number of nitrogens with one attached hydrogen (secondary N) is 3. The van der Waals surface area contributed by atoms with Gasteiger partial charge in [-0.3, -0.25) is 9.89 Å². The van der Waals surface area contributed by atoms with Crippen LogP contribution in [0, 0.1) is 0 Å². The van der Waals surface area contributed by atoms with Gasteiger partial charge in [0.2, 0.25) is 5.91 Å². The number of carbonyl (C=O) groups is 1. The second-order valence-electron chi connectivity index (χ2n) is 4.26. The zero-order chi connectivity index (χ0) is 11.4. The lowest BCUT2D eigenvalue weighted by atomic mass is 9.93. The van der Waals surface area contributed by atoms with Gasteiger partial charge in [-0.25, -0.2) is 0 Å². The molecule has 0 bridgehead atoms. The third kappa shape index (κ3) is 2.09. The molecule has 0 aromatic carbocycles. The maximum absolute atomic E-state index is 12.1. The van der Waals surface area contributed by atoms with Gasteiger partial charge in [-0.1, -0.05) is 6.92 Å². The second-order valence-corrected chi connectivity index (χ2v) is 4.26. The molecule has 1 aromatic heterocycles. The molecule has 3 N–H and O–H groups in total. The SMILES string of the molecule is CCC1(C(=O)NCc2cn[nH]c2)CCCN1. The summed E-state index contributed by atoms with van der Waals surface area (Å²) in [6, 6.07) is 0. The number of aromatic nitrogens is 2. The Morgan fingerprint density at radius 1 is 1.69 bits per heavy atom. The zero-order valence-electron chi connectivity index (χ0n) is 9.55. The summed E-state index contributed by atoms with van der Waals surface area (Å²) in [4.78, 5) is 12.1. The summed E-state index contributed by atoms with van der Waals surface area (Å²) in [5.41, 5.74) is 0.654. The van der Waals surface area contributed by atoms with Crippen molar-refractivity contribution in [2.45, 2.75) is 38.3 Å². The van der Waals surface area contributed by atoms with Crippen molar-refractivity contribution in [1.29, 1.82) is 0 Å². The average Bonchev–Trinajstić information content (AvgIpc) is 2.97. The average molecular weight is 222 g/mol. The van der Waals surface area contributed by atoms with Crippen LogP contribution in [0.25, 0.3) is 0 Å². The van der Waals surface area contributed by atoms with E-state index in [1.54, 1.807) is 12.4 Å². The van der Waals surface area contributed by atoms with E-state index in [2.05, 4.69) is 27.8 Å². The molecule has 1 aliphatic heterocycles. The number of nitrogens with zero attached hydrogens (tertiary/aromatic N) is 1. The van der Waals surface area contributed by atoms with Crippen molar-refractivity contribution in [2.24, 2.45) is 0 Å². The van der Waals surface area contributed by atoms with Crippen LogP contribution in [0.1, 0.15) is 31.7 Å². The maximum atomic E-state index is 12.1. The van der Waals surface area contributed by atoms with Crippen molar-refractivity contribution in [3.63, 3.8) is 0 Å². The molecule has 0 saturated carbocycles. The van der Waals surface area contributed by atoms with Crippen molar-refractivity contribution in [3.8, 4) is 0 Å². The van der Waals surface area contributed by atoms with Gasteiger partial charge in [-0.2, -0.15) is 5.10 Å². The minimum Gasteiger partial charge on any atom is -0.350 e. The quantitative estimate of drug-likeness (QED) is 0.697. The van der Waals surface area contributed by atoms with Gasteiger partial charge in [-0.05, 0) is 25.8 Å². The van der Waals surface area contributed by atoms with E-state index in [1.807, 2.05) is 0 Å². The van der Waals surface area contributed by atoms with E-state index < -0.39 is 0 Å². The highest BCUT2D eigenvalue weighted by molar-refractivity contribution is 5.86. The van der Waals surface area contributed by atoms with Crippen LogP contribution >= 0.6 is 0 Å². The molecule has 1 atom stereocenters. The molecule has 88 valence electrons. The summed E-state index contributed by atoms with van der Waals surface area (Å²) in [7, 11) is 0. The molecule has 2 rings (SSSR count). The lowest BCUT2D eigenvalue weighted by molar-refractivity contribution is -0.127. The Hall–Kier alpha value is -1.36. The first-order chi connectivity index (χ1) is 7.77. The standard InChI is InChI=1S/C11H18N4O/c1-2-11(4-3-5-13-11)10(16)12-6-9-7-14-15-8-9/h7-8,13H,2-6H2,1H3,(H,12,16)(H,14,15). The molecule has 5 nitrogen and oxygen atoms in total. The van der Waals surface area contributed by atoms with Gasteiger partial charge >= 0.3 is 0 Å². The molecule has 1 fully saturated rings. The Bertz CT molecular complexity index is 341. The van der Waals surface area contributed by atoms with E-state index in [0.29, 0.717) is 6.54 Å². The number of rotatable bonds is 4. The number of aromatic amines is 1. The molecular weight excluding hydrogens is 204 g/mol. The van der Waals surface area contributed by atoms with Gasteiger partial charge in [0, 0.05) is 18.3 Å². The molecule has 1 saturated heterocycles. The first-order valence-corrected chi connectivity index (χ1v) is 5.78. The maximum Gasteiger partial charge on any atom is 0.240 e. The van der Waals surface area contributed by atoms with Gasteiger partial charge in [0.15, 0.2) is 0 Å². The van der Waals surface area contributed by atoms with Crippen LogP contribution in [-0.2, 0) is 11.3 Å². The van der Waals surface area contributed by atoms with Crippen LogP contribution < -0.4 is 10.6 Å². The van der Waals surface area contributed by atoms with Crippen LogP contribution in [-0.4, -0.2) is 28.2 Å². The topological polar surface area (TPSA) is 69.8 Å². The third-order valence-electron chi connectivity index (χ3n) is 3.29. The van der Waals surface area contributed by atoms with Crippen LogP contribution in [0.15, 0.2) is 12.4 Å². The summed E-state index contributed by atoms with van der Waals surface area (Å²) in [5, 5.41) is 12.8. The predicted octanol–water partition coefficient (Wildman–Crippen LogP) is 0.558. The molecule has 1 aliphatic rings. The molecule has 5 heteroatoms. The first-order valence-electron chi connectivity index (χ1n) is 5.78. The number of amides is 1. The van der Waals surface area contributed by atoms with E-state index in [9.17, 15) is 4.79 Å². The molecule has 1 unspecified atom stereocenters. The van der Waals surface area contributed by atoms with Crippen molar-refractivity contribution in [2.75, 3.05) is 6.54 Å². The monoisotopic (exact) mass is 222 g/mol. The fraction of sp³-hybridized carbons (Fsp3) is 0.636. The first kappa shape index (κ1) is 11.1. The number of hydrogen-bond donors (Lipinski definition) is 3. The zero-order valence-corrected chi connectivity index (χ0v) is 9.55. The van der Waals surface area contributed by atoms with Crippen molar-refractivity contribution < 1.29 is 4.79 Å². The van der Waals surface area contributed by atoms with Crippen LogP contribution in [0.4, 0.5) is 0 Å². The number of carbonyl (C=O) groups excluding carboxylic acids is 1. The predicted molar refractivity (Wildman–Crippen MR) is 60.7 cm³/mol. The minimum atomic E-state index is -0.344. The Labute approximate surface area is 95.0 Å². The summed E-state index contributed by atoms with van der Waals surface area (Å²) in [5.74, 6) is 0.105. The van der Waals surface area contributed by atoms with E-state index in [0.717, 1.165) is 31.4 Å². The molecular formula is C11H18N4O. The largest absolute Gasteiger partial charge is 0.350 e. The summed E-state index contributed by atoms with van der Waals surface area (Å²) < 4.78 is 0. The van der Waals surface area contributed by atoms with Gasteiger partial charge in [0.05, 0.1) is 11.7 Å². The lowest BCUT2D eigenvalue weighted by Crippen LogP contribution is -2.52. The van der Waals surface area contributed by atoms with Crippen molar-refractivity contribution >= 4 is 5.91 Å². The van der Waals surface area contributed by atoms with Crippen LogP contribution in [0.3, 0.4) is 0 Å². The Balaban J connectivity index is 1.91. The molecule has 1 aromatic rings. The number of hydrogen-bond acceptors (Lipinski definition) is 3. The summed E-state index contributed by atoms with van der Waals surface area (Å²) in [6.45, 7) is 3.53. The molecule has 0 radical (unpaired) electrons. The second kappa shape index (κ2) is 4.65. The number of H-pyrrole nitrogens is 1. The smallest absolute Gasteiger partial charge is 0.240 e. The normalized spacial score (nSPS) is 24.6. The third-order valence-corrected chi connectivity index (χ3v) is 3.29. The van der Waals surface area contributed by atoms with Gasteiger partial charge in [0.1, 0.15) is 0 Å². The van der Waals surface area contributed by atoms with Gasteiger partial charge < -0.3 is 10.6 Å². The fourth-order valence-electron chi connectivity index (χ4n) is 2.19. The van der Waals surface area contributed by atoms with Crippen LogP contribution in [0.2, 0.25) is 0 Å². The van der Waals surface area contributed by atoms with E-state index in [-0.39, 0.29) is 11.4 Å². The van der Waals surface area contributed by atoms with Gasteiger partial charge in [0.25, 0.3) is 0 Å².